The summed E-state index contributed by atoms with van der Waals surface area (Å²) in [4.78, 5) is 0. The van der Waals surface area contributed by atoms with Crippen molar-refractivity contribution in [1.82, 2.24) is 0 Å². The molecule has 0 aliphatic heterocycles. The molecule has 0 fully saturated rings. The zero-order chi connectivity index (χ0) is 60.9. The van der Waals surface area contributed by atoms with Crippen molar-refractivity contribution < 1.29 is 0 Å². The Morgan fingerprint density at radius 2 is 0.326 bits per heavy atom. The van der Waals surface area contributed by atoms with Crippen LogP contribution in [-0.4, -0.2) is 0 Å². The van der Waals surface area contributed by atoms with Crippen LogP contribution in [0, 0.1) is 0 Å². The van der Waals surface area contributed by atoms with Gasteiger partial charge >= 0.3 is 0 Å². The maximum Gasteiger partial charge on any atom is -0.00262 e. The second-order valence-electron chi connectivity index (χ2n) is 24.2. The van der Waals surface area contributed by atoms with Crippen LogP contribution in [0.15, 0.2) is 364 Å². The Kier molecular flexibility index (Phi) is 13.7. The van der Waals surface area contributed by atoms with E-state index in [1.54, 1.807) is 0 Å². The summed E-state index contributed by atoms with van der Waals surface area (Å²) in [5.74, 6) is 0. The molecule has 0 nitrogen and oxygen atoms in total. The number of fused-ring (bicyclic) bond motifs is 8. The highest BCUT2D eigenvalue weighted by Crippen LogP contribution is 2.47. The Morgan fingerprint density at radius 1 is 0.109 bits per heavy atom. The van der Waals surface area contributed by atoms with E-state index in [0.29, 0.717) is 0 Å². The maximum atomic E-state index is 2.38. The van der Waals surface area contributed by atoms with E-state index >= 15 is 0 Å². The molecule has 0 heterocycles. The molecule has 0 aliphatic rings. The van der Waals surface area contributed by atoms with Crippen LogP contribution < -0.4 is 0 Å². The van der Waals surface area contributed by atoms with E-state index in [2.05, 4.69) is 364 Å². The second-order valence-corrected chi connectivity index (χ2v) is 24.2. The van der Waals surface area contributed by atoms with Gasteiger partial charge in [0.05, 0.1) is 0 Å². The Bertz CT molecular complexity index is 5740. The molecule has 0 saturated heterocycles. The van der Waals surface area contributed by atoms with Gasteiger partial charge in [0.2, 0.25) is 0 Å². The van der Waals surface area contributed by atoms with Gasteiger partial charge < -0.3 is 0 Å². The monoisotopic (exact) mass is 1160 g/mol. The fourth-order valence-corrected chi connectivity index (χ4v) is 14.4. The molecular formula is C92H60. The second kappa shape index (κ2) is 23.2. The fourth-order valence-electron chi connectivity index (χ4n) is 14.4. The van der Waals surface area contributed by atoms with Gasteiger partial charge in [-0.2, -0.15) is 0 Å². The van der Waals surface area contributed by atoms with E-state index in [0.717, 1.165) is 0 Å². The number of rotatable bonds is 8. The lowest BCUT2D eigenvalue weighted by atomic mass is 9.85. The van der Waals surface area contributed by atoms with Crippen molar-refractivity contribution in [2.45, 2.75) is 0 Å². The third-order valence-corrected chi connectivity index (χ3v) is 18.8. The third-order valence-electron chi connectivity index (χ3n) is 18.8. The van der Waals surface area contributed by atoms with Crippen molar-refractivity contribution >= 4 is 86.2 Å². The van der Waals surface area contributed by atoms with Crippen molar-refractivity contribution in [3.63, 3.8) is 0 Å². The van der Waals surface area contributed by atoms with Crippen molar-refractivity contribution in [3.8, 4) is 89.0 Å². The third kappa shape index (κ3) is 9.83. The van der Waals surface area contributed by atoms with E-state index in [-0.39, 0.29) is 0 Å². The van der Waals surface area contributed by atoms with Crippen LogP contribution in [0.4, 0.5) is 0 Å². The van der Waals surface area contributed by atoms with Gasteiger partial charge in [-0.1, -0.05) is 328 Å². The zero-order valence-electron chi connectivity index (χ0n) is 50.6. The first kappa shape index (κ1) is 54.2. The van der Waals surface area contributed by atoms with Crippen molar-refractivity contribution in [2.75, 3.05) is 0 Å². The van der Waals surface area contributed by atoms with Crippen LogP contribution in [0.25, 0.3) is 175 Å². The van der Waals surface area contributed by atoms with Gasteiger partial charge in [-0.05, 0) is 212 Å². The molecule has 0 aliphatic carbocycles. The van der Waals surface area contributed by atoms with Gasteiger partial charge in [-0.25, -0.2) is 0 Å². The molecule has 18 aromatic rings. The van der Waals surface area contributed by atoms with Crippen LogP contribution in [0.5, 0.6) is 0 Å². The lowest BCUT2D eigenvalue weighted by molar-refractivity contribution is 1.59. The molecule has 18 rings (SSSR count). The average Bonchev–Trinajstić information content (AvgIpc) is 0.932. The average molecular weight is 1170 g/mol. The molecule has 0 saturated carbocycles. The molecule has 92 heavy (non-hydrogen) atoms. The molecule has 0 atom stereocenters. The van der Waals surface area contributed by atoms with E-state index in [1.807, 2.05) is 0 Å². The SMILES string of the molecule is c1ccc(-c2ccc(-c3ccc4ccc(-c5c6ccccc6c(-c6ccc7ccccc7c6)c6ccccc56)cc4c3)cc2)cc1.c1ccc(-c2ccccc2-c2ccc3ccc(-c4c5ccccc5c(-c5ccc6ccccc6c5)c5ccccc45)cc3c2)cc1. The molecule has 0 radical (unpaired) electrons. The van der Waals surface area contributed by atoms with Gasteiger partial charge in [-0.3, -0.25) is 0 Å². The Labute approximate surface area is 535 Å². The molecule has 0 bridgehead atoms. The van der Waals surface area contributed by atoms with Gasteiger partial charge in [0.1, 0.15) is 0 Å². The van der Waals surface area contributed by atoms with Crippen molar-refractivity contribution in [2.24, 2.45) is 0 Å². The zero-order valence-corrected chi connectivity index (χ0v) is 50.6. The topological polar surface area (TPSA) is 0 Å². The minimum Gasteiger partial charge on any atom is -0.0622 e. The molecule has 428 valence electrons. The van der Waals surface area contributed by atoms with Gasteiger partial charge in [0, 0.05) is 0 Å². The summed E-state index contributed by atoms with van der Waals surface area (Å²) < 4.78 is 0. The van der Waals surface area contributed by atoms with E-state index in [1.165, 1.54) is 175 Å². The normalized spacial score (nSPS) is 11.5. The van der Waals surface area contributed by atoms with Gasteiger partial charge in [0.25, 0.3) is 0 Å². The van der Waals surface area contributed by atoms with Crippen molar-refractivity contribution in [3.05, 3.63) is 364 Å². The van der Waals surface area contributed by atoms with Crippen LogP contribution in [-0.2, 0) is 0 Å². The summed E-state index contributed by atoms with van der Waals surface area (Å²) in [6.07, 6.45) is 0. The first-order valence-electron chi connectivity index (χ1n) is 31.9. The quantitative estimate of drug-likeness (QED) is 0.133. The van der Waals surface area contributed by atoms with Crippen LogP contribution in [0.2, 0.25) is 0 Å². The highest BCUT2D eigenvalue weighted by molar-refractivity contribution is 6.24. The largest absolute Gasteiger partial charge is 0.0622 e. The first-order chi connectivity index (χ1) is 45.6. The molecule has 0 amide bonds. The summed E-state index contributed by atoms with van der Waals surface area (Å²) in [5.41, 5.74) is 20.0. The van der Waals surface area contributed by atoms with E-state index in [4.69, 9.17) is 0 Å². The van der Waals surface area contributed by atoms with E-state index in [9.17, 15) is 0 Å². The Balaban J connectivity index is 0.000000141. The first-order valence-corrected chi connectivity index (χ1v) is 31.9. The van der Waals surface area contributed by atoms with Crippen LogP contribution >= 0.6 is 0 Å². The summed E-state index contributed by atoms with van der Waals surface area (Å²) >= 11 is 0. The van der Waals surface area contributed by atoms with Crippen LogP contribution in [0.1, 0.15) is 0 Å². The highest BCUT2D eigenvalue weighted by atomic mass is 14.2. The van der Waals surface area contributed by atoms with E-state index < -0.39 is 0 Å². The lowest BCUT2D eigenvalue weighted by Crippen LogP contribution is -1.91. The summed E-state index contributed by atoms with van der Waals surface area (Å²) in [6.45, 7) is 0. The number of benzene rings is 18. The summed E-state index contributed by atoms with van der Waals surface area (Å²) in [7, 11) is 0. The number of hydrogen-bond donors (Lipinski definition) is 0. The molecular weight excluding hydrogens is 1110 g/mol. The minimum atomic E-state index is 1.22. The lowest BCUT2D eigenvalue weighted by Gasteiger charge is -2.18. The molecule has 0 N–H and O–H groups in total. The Morgan fingerprint density at radius 3 is 0.707 bits per heavy atom. The predicted molar refractivity (Wildman–Crippen MR) is 396 cm³/mol. The molecule has 0 spiro atoms. The summed E-state index contributed by atoms with van der Waals surface area (Å²) in [5, 5.41) is 20.2. The molecule has 0 heteroatoms. The Hall–Kier alpha value is -12.0. The summed E-state index contributed by atoms with van der Waals surface area (Å²) in [6, 6.07) is 133. The number of hydrogen-bond acceptors (Lipinski definition) is 0. The maximum absolute atomic E-state index is 2.38. The fraction of sp³-hybridized carbons (Fsp3) is 0. The van der Waals surface area contributed by atoms with Crippen LogP contribution in [0.3, 0.4) is 0 Å². The molecule has 18 aromatic carbocycles. The van der Waals surface area contributed by atoms with Gasteiger partial charge in [0.15, 0.2) is 0 Å². The smallest absolute Gasteiger partial charge is 0.00262 e. The predicted octanol–water partition coefficient (Wildman–Crippen LogP) is 25.9. The standard InChI is InChI=1S/2C46H30/c1-2-10-31(11-3-1)33-18-20-34(21-19-33)37-25-22-35-24-27-39(30-40(35)29-37)46-43-16-8-6-14-41(43)45(42-15-7-9-17-44(42)46)38-26-23-32-12-4-5-13-36(32)28-38;1-2-13-33(14-3-1)39-16-6-7-17-40(39)35-25-22-32-24-27-37(30-38(32)29-35)46-43-20-10-8-18-41(43)45(42-19-9-11-21-44(42)46)36-26-23-31-12-4-5-15-34(31)28-36/h2*1-30H. The highest BCUT2D eigenvalue weighted by Gasteiger charge is 2.20. The molecule has 0 unspecified atom stereocenters. The van der Waals surface area contributed by atoms with Crippen molar-refractivity contribution in [1.29, 1.82) is 0 Å². The van der Waals surface area contributed by atoms with Gasteiger partial charge in [-0.15, -0.1) is 0 Å². The molecule has 0 aromatic heterocycles. The minimum absolute atomic E-state index is 1.22.